The van der Waals surface area contributed by atoms with Gasteiger partial charge in [0.05, 0.1) is 13.2 Å². The molecule has 0 radical (unpaired) electrons. The molecule has 0 spiro atoms. The lowest BCUT2D eigenvalue weighted by molar-refractivity contribution is -0.151. The molecular weight excluding hydrogens is 450 g/mol. The topological polar surface area (TPSA) is 134 Å². The van der Waals surface area contributed by atoms with Gasteiger partial charge in [-0.1, -0.05) is 23.7 Å². The van der Waals surface area contributed by atoms with Gasteiger partial charge >= 0.3 is 11.9 Å². The van der Waals surface area contributed by atoms with E-state index in [9.17, 15) is 24.3 Å². The summed E-state index contributed by atoms with van der Waals surface area (Å²) in [7, 11) is 0. The Bertz CT molecular complexity index is 939. The largest absolute Gasteiger partial charge is 0.477 e. The molecule has 1 fully saturated rings. The molecular formula is C19H20ClN3O7S. The Morgan fingerprint density at radius 2 is 2.10 bits per heavy atom. The van der Waals surface area contributed by atoms with Crippen LogP contribution in [0.3, 0.4) is 0 Å². The second kappa shape index (κ2) is 10.1. The number of carboxylic acids is 1. The highest BCUT2D eigenvalue weighted by atomic mass is 35.5. The molecule has 12 heteroatoms. The molecule has 0 unspecified atom stereocenters. The number of hydrogen-bond donors (Lipinski definition) is 3. The first-order valence-electron chi connectivity index (χ1n) is 9.19. The lowest BCUT2D eigenvalue weighted by Crippen LogP contribution is -2.71. The van der Waals surface area contributed by atoms with Crippen molar-refractivity contribution in [1.82, 2.24) is 15.7 Å². The van der Waals surface area contributed by atoms with E-state index in [0.29, 0.717) is 10.6 Å². The van der Waals surface area contributed by atoms with E-state index in [1.54, 1.807) is 18.2 Å². The molecule has 2 amide bonds. The van der Waals surface area contributed by atoms with Gasteiger partial charge < -0.3 is 15.2 Å². The molecule has 31 heavy (non-hydrogen) atoms. The van der Waals surface area contributed by atoms with Crippen LogP contribution in [-0.2, 0) is 35.4 Å². The molecule has 3 rings (SSSR count). The number of hydrogen-bond acceptors (Lipinski definition) is 8. The summed E-state index contributed by atoms with van der Waals surface area (Å²) in [6, 6.07) is 6.21. The predicted octanol–water partition coefficient (Wildman–Crippen LogP) is 0.663. The Morgan fingerprint density at radius 1 is 1.32 bits per heavy atom. The average Bonchev–Trinajstić information content (AvgIpc) is 2.72. The second-order valence-corrected chi connectivity index (χ2v) is 8.27. The molecule has 166 valence electrons. The van der Waals surface area contributed by atoms with E-state index in [-0.39, 0.29) is 31.2 Å². The van der Waals surface area contributed by atoms with Crippen LogP contribution in [0.25, 0.3) is 0 Å². The van der Waals surface area contributed by atoms with E-state index in [0.717, 1.165) is 10.5 Å². The Hall–Kier alpha value is -2.60. The molecule has 2 heterocycles. The number of amides is 2. The maximum Gasteiger partial charge on any atom is 0.352 e. The van der Waals surface area contributed by atoms with Crippen molar-refractivity contribution in [2.45, 2.75) is 24.9 Å². The smallest absolute Gasteiger partial charge is 0.352 e. The fourth-order valence-electron chi connectivity index (χ4n) is 3.09. The Balaban J connectivity index is 1.50. The molecule has 1 aromatic carbocycles. The second-order valence-electron chi connectivity index (χ2n) is 6.73. The number of nitrogens with one attached hydrogen (secondary N) is 2. The number of benzene rings is 1. The molecule has 0 aliphatic carbocycles. The van der Waals surface area contributed by atoms with Crippen LogP contribution < -0.4 is 10.8 Å². The number of nitrogens with zero attached hydrogens (tertiary/aromatic N) is 1. The van der Waals surface area contributed by atoms with E-state index >= 15 is 0 Å². The van der Waals surface area contributed by atoms with Gasteiger partial charge in [-0.3, -0.25) is 24.1 Å². The first kappa shape index (κ1) is 23.1. The average molecular weight is 470 g/mol. The van der Waals surface area contributed by atoms with E-state index in [1.165, 1.54) is 18.7 Å². The van der Waals surface area contributed by atoms with Crippen LogP contribution in [0.2, 0.25) is 5.02 Å². The first-order valence-corrected chi connectivity index (χ1v) is 10.6. The summed E-state index contributed by atoms with van der Waals surface area (Å²) in [6.07, 6.45) is 0. The van der Waals surface area contributed by atoms with E-state index in [1.807, 2.05) is 6.07 Å². The molecule has 1 aromatic rings. The van der Waals surface area contributed by atoms with Gasteiger partial charge in [0.25, 0.3) is 5.91 Å². The van der Waals surface area contributed by atoms with Crippen molar-refractivity contribution in [3.63, 3.8) is 0 Å². The normalized spacial score (nSPS) is 20.1. The number of carboxylic acid groups (broad SMARTS) is 1. The fraction of sp³-hybridized carbons (Fsp3) is 0.368. The number of fused-ring (bicyclic) bond motifs is 1. The molecule has 2 atom stereocenters. The van der Waals surface area contributed by atoms with Gasteiger partial charge in [-0.15, -0.1) is 11.8 Å². The number of carbonyl (C=O) groups is 4. The van der Waals surface area contributed by atoms with Crippen LogP contribution in [0.5, 0.6) is 0 Å². The third-order valence-corrected chi connectivity index (χ3v) is 6.05. The molecule has 0 saturated carbocycles. The Kier molecular flexibility index (Phi) is 7.55. The molecule has 0 aromatic heterocycles. The highest BCUT2D eigenvalue weighted by Gasteiger charge is 2.54. The third-order valence-electron chi connectivity index (χ3n) is 4.48. The zero-order chi connectivity index (χ0) is 22.5. The summed E-state index contributed by atoms with van der Waals surface area (Å²) in [5.74, 6) is -2.59. The van der Waals surface area contributed by atoms with Gasteiger partial charge in [-0.05, 0) is 17.7 Å². The molecule has 10 nitrogen and oxygen atoms in total. The van der Waals surface area contributed by atoms with Gasteiger partial charge in [-0.25, -0.2) is 4.79 Å². The number of hydroxylamine groups is 1. The van der Waals surface area contributed by atoms with Crippen molar-refractivity contribution >= 4 is 47.1 Å². The van der Waals surface area contributed by atoms with Gasteiger partial charge in [0.15, 0.2) is 0 Å². The molecule has 3 N–H and O–H groups in total. The minimum absolute atomic E-state index is 0.193. The summed E-state index contributed by atoms with van der Waals surface area (Å²) >= 11 is 7.18. The van der Waals surface area contributed by atoms with Crippen molar-refractivity contribution in [3.8, 4) is 0 Å². The van der Waals surface area contributed by atoms with Crippen LogP contribution >= 0.6 is 23.4 Å². The number of carbonyl (C=O) groups excluding carboxylic acids is 3. The number of rotatable bonds is 9. The maximum absolute atomic E-state index is 12.5. The van der Waals surface area contributed by atoms with Crippen LogP contribution in [0, 0.1) is 0 Å². The van der Waals surface area contributed by atoms with Gasteiger partial charge in [0.2, 0.25) is 5.91 Å². The predicted molar refractivity (Wildman–Crippen MR) is 111 cm³/mol. The summed E-state index contributed by atoms with van der Waals surface area (Å²) in [5.41, 5.74) is 3.46. The summed E-state index contributed by atoms with van der Waals surface area (Å²) in [6.45, 7) is 1.01. The van der Waals surface area contributed by atoms with E-state index < -0.39 is 35.2 Å². The number of esters is 1. The van der Waals surface area contributed by atoms with Crippen molar-refractivity contribution in [1.29, 1.82) is 0 Å². The van der Waals surface area contributed by atoms with Crippen molar-refractivity contribution in [3.05, 3.63) is 46.1 Å². The van der Waals surface area contributed by atoms with Crippen molar-refractivity contribution < 1.29 is 33.9 Å². The zero-order valence-corrected chi connectivity index (χ0v) is 18.0. The van der Waals surface area contributed by atoms with Crippen LogP contribution in [0.1, 0.15) is 12.5 Å². The maximum atomic E-state index is 12.5. The molecule has 1 saturated heterocycles. The highest BCUT2D eigenvalue weighted by molar-refractivity contribution is 8.00. The number of thioether (sulfide) groups is 1. The van der Waals surface area contributed by atoms with Crippen molar-refractivity contribution in [2.24, 2.45) is 0 Å². The Labute approximate surface area is 186 Å². The monoisotopic (exact) mass is 469 g/mol. The highest BCUT2D eigenvalue weighted by Crippen LogP contribution is 2.40. The quantitative estimate of drug-likeness (QED) is 0.206. The van der Waals surface area contributed by atoms with Crippen LogP contribution in [-0.4, -0.2) is 64.1 Å². The lowest BCUT2D eigenvalue weighted by Gasteiger charge is -2.49. The van der Waals surface area contributed by atoms with Gasteiger partial charge in [0.1, 0.15) is 23.7 Å². The molecule has 2 aliphatic heterocycles. The summed E-state index contributed by atoms with van der Waals surface area (Å²) in [5, 5.41) is 12.1. The van der Waals surface area contributed by atoms with Gasteiger partial charge in [0, 0.05) is 23.3 Å². The SMILES string of the molecule is CC(=O)OCC1=C(C(=O)O)N2C(=O)[C@@H](NC(=O)CNOCc3cccc(Cl)c3)[C@H]2SC1. The standard InChI is InChI=1S/C19H20ClN3O7S/c1-10(24)29-8-12-9-31-18-15(17(26)23(18)16(12)19(27)28)22-14(25)6-21-30-7-11-3-2-4-13(20)5-11/h2-5,15,18,21H,6-9H2,1H3,(H,22,25)(H,27,28)/t15-,18-/m1/s1. The number of halogens is 1. The summed E-state index contributed by atoms with van der Waals surface area (Å²) in [4.78, 5) is 53.7. The third kappa shape index (κ3) is 5.56. The lowest BCUT2D eigenvalue weighted by atomic mass is 10.0. The minimum Gasteiger partial charge on any atom is -0.477 e. The molecule has 2 aliphatic rings. The van der Waals surface area contributed by atoms with Crippen LogP contribution in [0.15, 0.2) is 35.5 Å². The number of ether oxygens (including phenoxy) is 1. The van der Waals surface area contributed by atoms with E-state index in [2.05, 4.69) is 10.8 Å². The summed E-state index contributed by atoms with van der Waals surface area (Å²) < 4.78 is 4.88. The van der Waals surface area contributed by atoms with E-state index in [4.69, 9.17) is 21.2 Å². The fourth-order valence-corrected chi connectivity index (χ4v) is 4.63. The molecule has 0 bridgehead atoms. The Morgan fingerprint density at radius 3 is 2.77 bits per heavy atom. The number of aliphatic carboxylic acids is 1. The van der Waals surface area contributed by atoms with Crippen LogP contribution in [0.4, 0.5) is 0 Å². The van der Waals surface area contributed by atoms with Crippen molar-refractivity contribution in [2.75, 3.05) is 18.9 Å². The first-order chi connectivity index (χ1) is 14.8. The van der Waals surface area contributed by atoms with Gasteiger partial charge in [-0.2, -0.15) is 5.48 Å². The minimum atomic E-state index is -1.29. The number of β-lactam (4-membered cyclic amide) rings is 1. The zero-order valence-electron chi connectivity index (χ0n) is 16.4.